The summed E-state index contributed by atoms with van der Waals surface area (Å²) in [5.74, 6) is 0.274. The van der Waals surface area contributed by atoms with Crippen LogP contribution >= 0.6 is 0 Å². The lowest BCUT2D eigenvalue weighted by atomic mass is 10.2. The van der Waals surface area contributed by atoms with Crippen molar-refractivity contribution in [2.24, 2.45) is 0 Å². The van der Waals surface area contributed by atoms with Crippen LogP contribution in [0.25, 0.3) is 0 Å². The van der Waals surface area contributed by atoms with Crippen LogP contribution in [0.3, 0.4) is 0 Å². The average Bonchev–Trinajstić information content (AvgIpc) is 2.69. The summed E-state index contributed by atoms with van der Waals surface area (Å²) < 4.78 is 23.2. The molecule has 0 bridgehead atoms. The second-order valence-corrected chi connectivity index (χ2v) is 7.09. The maximum atomic E-state index is 11.6. The van der Waals surface area contributed by atoms with Gasteiger partial charge in [-0.1, -0.05) is 12.1 Å². The minimum atomic E-state index is -2.93. The number of sulfone groups is 1. The van der Waals surface area contributed by atoms with Crippen LogP contribution in [0.5, 0.6) is 0 Å². The monoisotopic (exact) mass is 284 g/mol. The summed E-state index contributed by atoms with van der Waals surface area (Å²) in [6, 6.07) is 6.34. The first-order valence-corrected chi connectivity index (χ1v) is 7.86. The molecule has 6 nitrogen and oxygen atoms in total. The summed E-state index contributed by atoms with van der Waals surface area (Å²) in [6.07, 6.45) is 1.43. The third-order valence-electron chi connectivity index (χ3n) is 3.29. The van der Waals surface area contributed by atoms with Crippen molar-refractivity contribution in [3.63, 3.8) is 0 Å². The highest BCUT2D eigenvalue weighted by molar-refractivity contribution is 7.92. The number of nitrogens with one attached hydrogen (secondary N) is 1. The predicted octanol–water partition coefficient (Wildman–Crippen LogP) is 1.26. The van der Waals surface area contributed by atoms with Crippen molar-refractivity contribution in [2.45, 2.75) is 24.6 Å². The Bertz CT molecular complexity index is 571. The van der Waals surface area contributed by atoms with Gasteiger partial charge in [-0.3, -0.25) is 10.1 Å². The minimum Gasteiger partial charge on any atom is -0.311 e. The molecule has 1 saturated heterocycles. The molecule has 104 valence electrons. The van der Waals surface area contributed by atoms with Gasteiger partial charge in [0.2, 0.25) is 0 Å². The molecule has 0 radical (unpaired) electrons. The van der Waals surface area contributed by atoms with E-state index < -0.39 is 14.8 Å². The van der Waals surface area contributed by atoms with E-state index in [4.69, 9.17) is 0 Å². The number of non-ortho nitro benzene ring substituents is 1. The van der Waals surface area contributed by atoms with E-state index in [0.717, 1.165) is 12.0 Å². The van der Waals surface area contributed by atoms with Crippen LogP contribution < -0.4 is 5.32 Å². The van der Waals surface area contributed by atoms with E-state index in [1.165, 1.54) is 12.1 Å². The molecule has 0 amide bonds. The third kappa shape index (κ3) is 3.51. The van der Waals surface area contributed by atoms with Crippen LogP contribution in [0.2, 0.25) is 0 Å². The van der Waals surface area contributed by atoms with Gasteiger partial charge in [0.05, 0.1) is 15.9 Å². The molecule has 2 rings (SSSR count). The summed E-state index contributed by atoms with van der Waals surface area (Å²) in [6.45, 7) is 0.846. The van der Waals surface area contributed by atoms with Crippen molar-refractivity contribution in [1.29, 1.82) is 0 Å². The van der Waals surface area contributed by atoms with Crippen LogP contribution in [0, 0.1) is 10.1 Å². The Morgan fingerprint density at radius 3 is 2.84 bits per heavy atom. The number of benzene rings is 1. The van der Waals surface area contributed by atoms with Crippen LogP contribution in [-0.2, 0) is 16.4 Å². The molecule has 1 aromatic carbocycles. The molecular formula is C12H16N2O4S. The Kier molecular flexibility index (Phi) is 4.16. The van der Waals surface area contributed by atoms with Crippen molar-refractivity contribution in [2.75, 3.05) is 12.3 Å². The molecule has 0 spiro atoms. The molecule has 0 aliphatic carbocycles. The second-order valence-electron chi connectivity index (χ2n) is 4.69. The highest BCUT2D eigenvalue weighted by atomic mass is 32.2. The molecule has 19 heavy (non-hydrogen) atoms. The minimum absolute atomic E-state index is 0.0489. The molecule has 7 heteroatoms. The smallest absolute Gasteiger partial charge is 0.269 e. The number of nitro benzene ring substituents is 1. The summed E-state index contributed by atoms with van der Waals surface area (Å²) in [5, 5.41) is 13.4. The van der Waals surface area contributed by atoms with Crippen LogP contribution in [0.4, 0.5) is 5.69 Å². The number of nitrogens with zero attached hydrogens (tertiary/aromatic N) is 1. The van der Waals surface area contributed by atoms with Gasteiger partial charge in [-0.25, -0.2) is 8.42 Å². The molecule has 1 heterocycles. The molecular weight excluding hydrogens is 268 g/mol. The molecule has 1 aromatic rings. The zero-order chi connectivity index (χ0) is 13.9. The lowest BCUT2D eigenvalue weighted by molar-refractivity contribution is -0.384. The fourth-order valence-corrected chi connectivity index (χ4v) is 4.04. The largest absolute Gasteiger partial charge is 0.311 e. The lowest BCUT2D eigenvalue weighted by Crippen LogP contribution is -2.30. The van der Waals surface area contributed by atoms with Crippen molar-refractivity contribution in [1.82, 2.24) is 5.32 Å². The van der Waals surface area contributed by atoms with Gasteiger partial charge in [0, 0.05) is 25.2 Å². The predicted molar refractivity (Wildman–Crippen MR) is 71.6 cm³/mol. The zero-order valence-corrected chi connectivity index (χ0v) is 11.2. The maximum absolute atomic E-state index is 11.6. The lowest BCUT2D eigenvalue weighted by Gasteiger charge is -2.10. The van der Waals surface area contributed by atoms with Gasteiger partial charge in [-0.2, -0.15) is 0 Å². The van der Waals surface area contributed by atoms with E-state index in [1.807, 2.05) is 0 Å². The fourth-order valence-electron chi connectivity index (χ4n) is 2.24. The zero-order valence-electron chi connectivity index (χ0n) is 10.4. The summed E-state index contributed by atoms with van der Waals surface area (Å²) in [7, 11) is -2.93. The topological polar surface area (TPSA) is 89.3 Å². The van der Waals surface area contributed by atoms with Gasteiger partial charge in [0.15, 0.2) is 9.84 Å². The maximum Gasteiger partial charge on any atom is 0.269 e. The van der Waals surface area contributed by atoms with Gasteiger partial charge in [-0.15, -0.1) is 0 Å². The standard InChI is InChI=1S/C12H16N2O4S/c15-14(16)11-4-1-3-10(7-11)8-13-9-12-5-2-6-19(12,17)18/h1,3-4,7,12-13H,2,5-6,8-9H2/t12-/m1/s1. The number of rotatable bonds is 5. The van der Waals surface area contributed by atoms with Crippen LogP contribution in [-0.4, -0.2) is 30.9 Å². The highest BCUT2D eigenvalue weighted by Gasteiger charge is 2.30. The van der Waals surface area contributed by atoms with Crippen molar-refractivity contribution < 1.29 is 13.3 Å². The first-order valence-electron chi connectivity index (χ1n) is 6.14. The SMILES string of the molecule is O=[N+]([O-])c1cccc(CNC[C@H]2CCCS2(=O)=O)c1. The molecule has 1 aliphatic heterocycles. The van der Waals surface area contributed by atoms with Gasteiger partial charge in [0.25, 0.3) is 5.69 Å². The molecule has 0 saturated carbocycles. The Morgan fingerprint density at radius 1 is 1.42 bits per heavy atom. The first kappa shape index (κ1) is 14.0. The summed E-state index contributed by atoms with van der Waals surface area (Å²) in [4.78, 5) is 10.2. The highest BCUT2D eigenvalue weighted by Crippen LogP contribution is 2.19. The first-order chi connectivity index (χ1) is 8.99. The molecule has 1 aliphatic rings. The second kappa shape index (κ2) is 5.66. The molecule has 0 unspecified atom stereocenters. The average molecular weight is 284 g/mol. The van der Waals surface area contributed by atoms with E-state index in [9.17, 15) is 18.5 Å². The fraction of sp³-hybridized carbons (Fsp3) is 0.500. The Balaban J connectivity index is 1.89. The van der Waals surface area contributed by atoms with E-state index in [-0.39, 0.29) is 16.7 Å². The molecule has 1 fully saturated rings. The van der Waals surface area contributed by atoms with Crippen molar-refractivity contribution >= 4 is 15.5 Å². The van der Waals surface area contributed by atoms with E-state index in [1.54, 1.807) is 12.1 Å². The Labute approximate surface area is 111 Å². The van der Waals surface area contributed by atoms with Gasteiger partial charge < -0.3 is 5.32 Å². The third-order valence-corrected chi connectivity index (χ3v) is 5.56. The number of hydrogen-bond acceptors (Lipinski definition) is 5. The van der Waals surface area contributed by atoms with Gasteiger partial charge in [-0.05, 0) is 18.4 Å². The summed E-state index contributed by atoms with van der Waals surface area (Å²) in [5.41, 5.74) is 0.831. The number of nitro groups is 1. The van der Waals surface area contributed by atoms with Crippen molar-refractivity contribution in [3.8, 4) is 0 Å². The Hall–Kier alpha value is -1.47. The van der Waals surface area contributed by atoms with Gasteiger partial charge in [0.1, 0.15) is 0 Å². The Morgan fingerprint density at radius 2 is 2.21 bits per heavy atom. The van der Waals surface area contributed by atoms with Crippen molar-refractivity contribution in [3.05, 3.63) is 39.9 Å². The van der Waals surface area contributed by atoms with E-state index in [2.05, 4.69) is 5.32 Å². The summed E-state index contributed by atoms with van der Waals surface area (Å²) >= 11 is 0. The normalized spacial score (nSPS) is 21.4. The molecule has 1 N–H and O–H groups in total. The number of hydrogen-bond donors (Lipinski definition) is 1. The quantitative estimate of drug-likeness (QED) is 0.649. The molecule has 0 aromatic heterocycles. The molecule has 1 atom stereocenters. The van der Waals surface area contributed by atoms with Crippen LogP contribution in [0.1, 0.15) is 18.4 Å². The van der Waals surface area contributed by atoms with E-state index in [0.29, 0.717) is 19.5 Å². The van der Waals surface area contributed by atoms with Gasteiger partial charge >= 0.3 is 0 Å². The van der Waals surface area contributed by atoms with E-state index >= 15 is 0 Å². The van der Waals surface area contributed by atoms with Crippen LogP contribution in [0.15, 0.2) is 24.3 Å².